The normalized spacial score (nSPS) is 10.5. The molecule has 0 heterocycles. The molecule has 154 valence electrons. The van der Waals surface area contributed by atoms with Crippen molar-refractivity contribution in [2.45, 2.75) is 4.90 Å². The number of carbonyl (C=O) groups is 1. The van der Waals surface area contributed by atoms with Crippen LogP contribution in [-0.4, -0.2) is 23.4 Å². The smallest absolute Gasteiger partial charge is 0.341 e. The van der Waals surface area contributed by atoms with Gasteiger partial charge in [0, 0.05) is 24.1 Å². The van der Waals surface area contributed by atoms with Crippen LogP contribution in [0, 0.1) is 0 Å². The maximum Gasteiger partial charge on any atom is 0.341 e. The van der Waals surface area contributed by atoms with Gasteiger partial charge in [-0.05, 0) is 63.0 Å². The van der Waals surface area contributed by atoms with E-state index in [1.807, 2.05) is 42.5 Å². The highest BCUT2D eigenvalue weighted by atomic mass is 79.9. The Morgan fingerprint density at radius 2 is 1.50 bits per heavy atom. The summed E-state index contributed by atoms with van der Waals surface area (Å²) in [5.74, 6) is 0.277. The van der Waals surface area contributed by atoms with E-state index in [0.717, 1.165) is 40.8 Å². The largest absolute Gasteiger partial charge is 0.482 e. The highest BCUT2D eigenvalue weighted by Gasteiger charge is 2.12. The van der Waals surface area contributed by atoms with Gasteiger partial charge in [0.25, 0.3) is 0 Å². The SMILES string of the molecule is O=C(O)COc1ccc(SCC=C(c2ccccc2Br)c2ccccc2Br)c(Br)c1. The zero-order chi connectivity index (χ0) is 21.5. The zero-order valence-electron chi connectivity index (χ0n) is 15.6. The predicted octanol–water partition coefficient (Wildman–Crippen LogP) is 7.66. The molecule has 3 aromatic rings. The minimum absolute atomic E-state index is 0.358. The van der Waals surface area contributed by atoms with Gasteiger partial charge in [0.05, 0.1) is 0 Å². The molecule has 7 heteroatoms. The molecule has 0 spiro atoms. The molecule has 3 nitrogen and oxygen atoms in total. The zero-order valence-corrected chi connectivity index (χ0v) is 21.2. The van der Waals surface area contributed by atoms with Crippen LogP contribution >= 0.6 is 59.6 Å². The first-order valence-electron chi connectivity index (χ1n) is 8.92. The second-order valence-electron chi connectivity index (χ2n) is 6.16. The highest BCUT2D eigenvalue weighted by Crippen LogP contribution is 2.36. The number of aliphatic carboxylic acids is 1. The molecule has 1 N–H and O–H groups in total. The van der Waals surface area contributed by atoms with Crippen molar-refractivity contribution in [2.75, 3.05) is 12.4 Å². The van der Waals surface area contributed by atoms with Gasteiger partial charge in [0.15, 0.2) is 6.61 Å². The first-order chi connectivity index (χ1) is 14.5. The Morgan fingerprint density at radius 3 is 2.03 bits per heavy atom. The van der Waals surface area contributed by atoms with Crippen LogP contribution < -0.4 is 4.74 Å². The van der Waals surface area contributed by atoms with Gasteiger partial charge in [-0.2, -0.15) is 0 Å². The molecule has 0 radical (unpaired) electrons. The first kappa shape index (κ1) is 23.1. The number of benzene rings is 3. The Kier molecular flexibility index (Phi) is 8.62. The third kappa shape index (κ3) is 6.23. The first-order valence-corrected chi connectivity index (χ1v) is 12.3. The van der Waals surface area contributed by atoms with Gasteiger partial charge in [0.2, 0.25) is 0 Å². The topological polar surface area (TPSA) is 46.5 Å². The van der Waals surface area contributed by atoms with Crippen LogP contribution in [-0.2, 0) is 4.79 Å². The van der Waals surface area contributed by atoms with E-state index >= 15 is 0 Å². The summed E-state index contributed by atoms with van der Waals surface area (Å²) in [6.07, 6.45) is 2.21. The third-order valence-corrected chi connectivity index (χ3v) is 7.42. The van der Waals surface area contributed by atoms with E-state index < -0.39 is 5.97 Å². The summed E-state index contributed by atoms with van der Waals surface area (Å²) in [4.78, 5) is 11.7. The van der Waals surface area contributed by atoms with E-state index in [-0.39, 0.29) is 6.61 Å². The lowest BCUT2D eigenvalue weighted by atomic mass is 9.98. The second kappa shape index (κ2) is 11.2. The molecule has 0 aromatic heterocycles. The van der Waals surface area contributed by atoms with Gasteiger partial charge < -0.3 is 9.84 Å². The van der Waals surface area contributed by atoms with Crippen molar-refractivity contribution in [1.82, 2.24) is 0 Å². The van der Waals surface area contributed by atoms with Crippen LogP contribution in [0.5, 0.6) is 5.75 Å². The van der Waals surface area contributed by atoms with Gasteiger partial charge in [-0.15, -0.1) is 11.8 Å². The van der Waals surface area contributed by atoms with Gasteiger partial charge in [-0.25, -0.2) is 4.79 Å². The van der Waals surface area contributed by atoms with Gasteiger partial charge in [0.1, 0.15) is 5.75 Å². The summed E-state index contributed by atoms with van der Waals surface area (Å²) in [7, 11) is 0. The maximum absolute atomic E-state index is 10.7. The fraction of sp³-hybridized carbons (Fsp3) is 0.0870. The number of thioether (sulfide) groups is 1. The Bertz CT molecular complexity index is 1040. The molecule has 0 atom stereocenters. The fourth-order valence-electron chi connectivity index (χ4n) is 2.77. The molecule has 0 fully saturated rings. The second-order valence-corrected chi connectivity index (χ2v) is 9.79. The van der Waals surface area contributed by atoms with Crippen LogP contribution in [0.3, 0.4) is 0 Å². The predicted molar refractivity (Wildman–Crippen MR) is 133 cm³/mol. The van der Waals surface area contributed by atoms with Crippen LogP contribution in [0.4, 0.5) is 0 Å². The Morgan fingerprint density at radius 1 is 0.900 bits per heavy atom. The minimum atomic E-state index is -0.999. The molecule has 0 aliphatic heterocycles. The minimum Gasteiger partial charge on any atom is -0.482 e. The lowest BCUT2D eigenvalue weighted by Crippen LogP contribution is -2.09. The average Bonchev–Trinajstić information content (AvgIpc) is 2.72. The van der Waals surface area contributed by atoms with Crippen molar-refractivity contribution in [3.05, 3.63) is 97.4 Å². The molecule has 30 heavy (non-hydrogen) atoms. The molecule has 0 bridgehead atoms. The summed E-state index contributed by atoms with van der Waals surface area (Å²) in [6, 6.07) is 21.9. The third-order valence-electron chi connectivity index (χ3n) is 4.12. The van der Waals surface area contributed by atoms with Gasteiger partial charge in [-0.3, -0.25) is 0 Å². The van der Waals surface area contributed by atoms with Crippen molar-refractivity contribution in [3.63, 3.8) is 0 Å². The van der Waals surface area contributed by atoms with Crippen LogP contribution in [0.25, 0.3) is 5.57 Å². The van der Waals surface area contributed by atoms with Crippen molar-refractivity contribution in [3.8, 4) is 5.75 Å². The maximum atomic E-state index is 10.7. The van der Waals surface area contributed by atoms with Crippen molar-refractivity contribution in [2.24, 2.45) is 0 Å². The molecule has 0 aliphatic carbocycles. The molecule has 0 amide bonds. The Labute approximate surface area is 204 Å². The van der Waals surface area contributed by atoms with Crippen LogP contribution in [0.1, 0.15) is 11.1 Å². The monoisotopic (exact) mass is 610 g/mol. The van der Waals surface area contributed by atoms with E-state index in [1.165, 1.54) is 0 Å². The van der Waals surface area contributed by atoms with E-state index in [4.69, 9.17) is 9.84 Å². The number of hydrogen-bond acceptors (Lipinski definition) is 3. The quantitative estimate of drug-likeness (QED) is 0.265. The van der Waals surface area contributed by atoms with Gasteiger partial charge in [-0.1, -0.05) is 74.3 Å². The number of carboxylic acids is 1. The lowest BCUT2D eigenvalue weighted by Gasteiger charge is -2.13. The summed E-state index contributed by atoms with van der Waals surface area (Å²) in [6.45, 7) is -0.358. The molecular weight excluding hydrogens is 596 g/mol. The molecular formula is C23H17Br3O3S. The molecule has 0 aliphatic rings. The summed E-state index contributed by atoms with van der Waals surface area (Å²) in [5.41, 5.74) is 3.39. The highest BCUT2D eigenvalue weighted by molar-refractivity contribution is 9.11. The van der Waals surface area contributed by atoms with Crippen molar-refractivity contribution >= 4 is 71.1 Å². The number of rotatable bonds is 8. The summed E-state index contributed by atoms with van der Waals surface area (Å²) >= 11 is 12.6. The summed E-state index contributed by atoms with van der Waals surface area (Å²) < 4.78 is 8.17. The Balaban J connectivity index is 1.83. The fourth-order valence-corrected chi connectivity index (χ4v) is 5.26. The van der Waals surface area contributed by atoms with Crippen LogP contribution in [0.15, 0.2) is 91.1 Å². The van der Waals surface area contributed by atoms with E-state index in [9.17, 15) is 4.79 Å². The number of hydrogen-bond donors (Lipinski definition) is 1. The van der Waals surface area contributed by atoms with Crippen molar-refractivity contribution < 1.29 is 14.6 Å². The van der Waals surface area contributed by atoms with Gasteiger partial charge >= 0.3 is 5.97 Å². The molecule has 3 rings (SSSR count). The molecule has 0 saturated heterocycles. The Hall–Kier alpha value is -1.54. The van der Waals surface area contributed by atoms with Crippen LogP contribution in [0.2, 0.25) is 0 Å². The summed E-state index contributed by atoms with van der Waals surface area (Å²) in [5, 5.41) is 8.74. The average molecular weight is 613 g/mol. The van der Waals surface area contributed by atoms with E-state index in [2.05, 4.69) is 66.0 Å². The number of ether oxygens (including phenoxy) is 1. The number of halogens is 3. The van der Waals surface area contributed by atoms with E-state index in [1.54, 1.807) is 23.9 Å². The number of carboxylic acid groups (broad SMARTS) is 1. The standard InChI is InChI=1S/C23H17Br3O3S/c24-19-7-3-1-5-17(19)16(18-6-2-4-8-20(18)25)11-12-30-22-10-9-15(13-21(22)26)29-14-23(27)28/h1-11,13H,12,14H2,(H,27,28). The molecule has 3 aromatic carbocycles. The molecule has 0 unspecified atom stereocenters. The van der Waals surface area contributed by atoms with Crippen molar-refractivity contribution in [1.29, 1.82) is 0 Å². The van der Waals surface area contributed by atoms with E-state index in [0.29, 0.717) is 5.75 Å². The molecule has 0 saturated carbocycles. The lowest BCUT2D eigenvalue weighted by molar-refractivity contribution is -0.139.